The standard InChI is InChI=1S/C28H32N4O6/c1-3-37-21-9-5-19(6-10-21)31-25(33)17-23(27(31)35)29-13-15-30(16-14-29)24-18-26(34)32(28(24)36)20-7-11-22(12-8-20)38-4-2/h5-12,23-24H,3-4,13-18H2,1-2H3/t23-,24-/m1/s1. The number of benzene rings is 2. The first kappa shape index (κ1) is 25.9. The molecule has 200 valence electrons. The molecule has 3 heterocycles. The van der Waals surface area contributed by atoms with Crippen LogP contribution in [0.4, 0.5) is 11.4 Å². The van der Waals surface area contributed by atoms with Crippen molar-refractivity contribution in [2.45, 2.75) is 38.8 Å². The summed E-state index contributed by atoms with van der Waals surface area (Å²) in [6.45, 7) is 6.98. The number of piperazine rings is 1. The van der Waals surface area contributed by atoms with Crippen molar-refractivity contribution in [2.24, 2.45) is 0 Å². The van der Waals surface area contributed by atoms with E-state index in [1.807, 2.05) is 23.6 Å². The maximum absolute atomic E-state index is 13.2. The van der Waals surface area contributed by atoms with Gasteiger partial charge in [-0.15, -0.1) is 0 Å². The molecule has 0 spiro atoms. The Morgan fingerprint density at radius 2 is 0.947 bits per heavy atom. The molecule has 0 N–H and O–H groups in total. The summed E-state index contributed by atoms with van der Waals surface area (Å²) in [6, 6.07) is 12.8. The molecule has 3 aliphatic heterocycles. The van der Waals surface area contributed by atoms with Gasteiger partial charge in [0.05, 0.1) is 49.5 Å². The largest absolute Gasteiger partial charge is 0.494 e. The Kier molecular flexibility index (Phi) is 7.44. The van der Waals surface area contributed by atoms with E-state index in [-0.39, 0.29) is 36.5 Å². The summed E-state index contributed by atoms with van der Waals surface area (Å²) in [5, 5.41) is 0. The van der Waals surface area contributed by atoms with Crippen LogP contribution in [0.25, 0.3) is 0 Å². The average Bonchev–Trinajstić information content (AvgIpc) is 3.39. The maximum atomic E-state index is 13.2. The first-order chi connectivity index (χ1) is 18.4. The summed E-state index contributed by atoms with van der Waals surface area (Å²) in [5.41, 5.74) is 1.07. The van der Waals surface area contributed by atoms with E-state index >= 15 is 0 Å². The zero-order valence-electron chi connectivity index (χ0n) is 21.7. The number of carbonyl (C=O) groups is 4. The zero-order valence-corrected chi connectivity index (χ0v) is 21.7. The van der Waals surface area contributed by atoms with Gasteiger partial charge in [-0.25, -0.2) is 9.80 Å². The fourth-order valence-electron chi connectivity index (χ4n) is 5.42. The topological polar surface area (TPSA) is 99.7 Å². The summed E-state index contributed by atoms with van der Waals surface area (Å²) < 4.78 is 10.9. The van der Waals surface area contributed by atoms with Crippen molar-refractivity contribution in [3.8, 4) is 11.5 Å². The van der Waals surface area contributed by atoms with Crippen LogP contribution < -0.4 is 19.3 Å². The smallest absolute Gasteiger partial charge is 0.251 e. The number of anilines is 2. The lowest BCUT2D eigenvalue weighted by Gasteiger charge is -2.38. The summed E-state index contributed by atoms with van der Waals surface area (Å²) in [5.74, 6) is 0.444. The van der Waals surface area contributed by atoms with Crippen molar-refractivity contribution < 1.29 is 28.7 Å². The molecule has 10 heteroatoms. The van der Waals surface area contributed by atoms with Crippen LogP contribution in [-0.4, -0.2) is 84.9 Å². The second-order valence-electron chi connectivity index (χ2n) is 9.50. The third kappa shape index (κ3) is 4.89. The molecular formula is C28H32N4O6. The van der Waals surface area contributed by atoms with Gasteiger partial charge in [0.1, 0.15) is 11.5 Å². The lowest BCUT2D eigenvalue weighted by molar-refractivity contribution is -0.126. The van der Waals surface area contributed by atoms with Crippen molar-refractivity contribution in [1.29, 1.82) is 0 Å². The van der Waals surface area contributed by atoms with E-state index in [1.54, 1.807) is 48.5 Å². The van der Waals surface area contributed by atoms with Crippen molar-refractivity contribution in [2.75, 3.05) is 49.2 Å². The van der Waals surface area contributed by atoms with Crippen LogP contribution in [-0.2, 0) is 19.2 Å². The van der Waals surface area contributed by atoms with Crippen LogP contribution in [0.5, 0.6) is 11.5 Å². The minimum Gasteiger partial charge on any atom is -0.494 e. The number of nitrogens with zero attached hydrogens (tertiary/aromatic N) is 4. The molecule has 0 aliphatic carbocycles. The van der Waals surface area contributed by atoms with E-state index in [0.717, 1.165) is 0 Å². The monoisotopic (exact) mass is 520 g/mol. The molecule has 0 bridgehead atoms. The highest BCUT2D eigenvalue weighted by molar-refractivity contribution is 6.23. The third-order valence-electron chi connectivity index (χ3n) is 7.29. The van der Waals surface area contributed by atoms with Gasteiger partial charge in [-0.2, -0.15) is 0 Å². The van der Waals surface area contributed by atoms with Gasteiger partial charge in [0.2, 0.25) is 11.8 Å². The summed E-state index contributed by atoms with van der Waals surface area (Å²) in [4.78, 5) is 58.5. The Labute approximate surface area is 221 Å². The lowest BCUT2D eigenvalue weighted by Crippen LogP contribution is -2.56. The second kappa shape index (κ2) is 10.9. The molecule has 5 rings (SSSR count). The van der Waals surface area contributed by atoms with E-state index in [0.29, 0.717) is 62.3 Å². The van der Waals surface area contributed by atoms with Crippen molar-refractivity contribution in [3.05, 3.63) is 48.5 Å². The highest BCUT2D eigenvalue weighted by atomic mass is 16.5. The number of imide groups is 2. The zero-order chi connectivity index (χ0) is 26.8. The van der Waals surface area contributed by atoms with Crippen molar-refractivity contribution in [3.63, 3.8) is 0 Å². The molecule has 3 fully saturated rings. The molecular weight excluding hydrogens is 488 g/mol. The SMILES string of the molecule is CCOc1ccc(N2C(=O)C[C@@H](N3CCN([C@@H]4CC(=O)N(c5ccc(OCC)cc5)C4=O)CC3)C2=O)cc1. The molecule has 3 saturated heterocycles. The molecule has 2 atom stereocenters. The molecule has 0 aromatic heterocycles. The summed E-state index contributed by atoms with van der Waals surface area (Å²) in [7, 11) is 0. The van der Waals surface area contributed by atoms with E-state index in [1.165, 1.54) is 9.80 Å². The van der Waals surface area contributed by atoms with Crippen molar-refractivity contribution in [1.82, 2.24) is 9.80 Å². The van der Waals surface area contributed by atoms with Crippen molar-refractivity contribution >= 4 is 35.0 Å². The minimum absolute atomic E-state index is 0.123. The second-order valence-corrected chi connectivity index (χ2v) is 9.50. The number of rotatable bonds is 8. The summed E-state index contributed by atoms with van der Waals surface area (Å²) in [6.07, 6.45) is 0.247. The summed E-state index contributed by atoms with van der Waals surface area (Å²) >= 11 is 0. The minimum atomic E-state index is -0.530. The van der Waals surface area contributed by atoms with Gasteiger partial charge in [-0.05, 0) is 62.4 Å². The predicted octanol–water partition coefficient (Wildman–Crippen LogP) is 2.07. The van der Waals surface area contributed by atoms with Gasteiger partial charge >= 0.3 is 0 Å². The van der Waals surface area contributed by atoms with E-state index in [9.17, 15) is 19.2 Å². The van der Waals surface area contributed by atoms with E-state index in [4.69, 9.17) is 9.47 Å². The van der Waals surface area contributed by atoms with Gasteiger partial charge < -0.3 is 9.47 Å². The van der Waals surface area contributed by atoms with Crippen LogP contribution >= 0.6 is 0 Å². The molecule has 0 saturated carbocycles. The van der Waals surface area contributed by atoms with Crippen LogP contribution in [0.15, 0.2) is 48.5 Å². The fraction of sp³-hybridized carbons (Fsp3) is 0.429. The highest BCUT2D eigenvalue weighted by Crippen LogP contribution is 2.30. The first-order valence-corrected chi connectivity index (χ1v) is 13.1. The van der Waals surface area contributed by atoms with Gasteiger partial charge in [0.25, 0.3) is 11.8 Å². The Morgan fingerprint density at radius 3 is 1.26 bits per heavy atom. The van der Waals surface area contributed by atoms with Gasteiger partial charge in [-0.1, -0.05) is 0 Å². The molecule has 3 aliphatic rings. The Balaban J connectivity index is 1.20. The third-order valence-corrected chi connectivity index (χ3v) is 7.29. The predicted molar refractivity (Wildman–Crippen MR) is 140 cm³/mol. The number of ether oxygens (including phenoxy) is 2. The van der Waals surface area contributed by atoms with Gasteiger partial charge in [0, 0.05) is 26.2 Å². The molecule has 4 amide bonds. The first-order valence-electron chi connectivity index (χ1n) is 13.1. The Bertz CT molecular complexity index is 1110. The average molecular weight is 521 g/mol. The molecule has 10 nitrogen and oxygen atoms in total. The molecule has 2 aromatic carbocycles. The number of amides is 4. The maximum Gasteiger partial charge on any atom is 0.251 e. The molecule has 38 heavy (non-hydrogen) atoms. The fourth-order valence-corrected chi connectivity index (χ4v) is 5.42. The van der Waals surface area contributed by atoms with Gasteiger partial charge in [-0.3, -0.25) is 29.0 Å². The number of hydrogen-bond acceptors (Lipinski definition) is 8. The lowest BCUT2D eigenvalue weighted by atomic mass is 10.1. The Hall–Kier alpha value is -3.76. The van der Waals surface area contributed by atoms with Crippen LogP contribution in [0.1, 0.15) is 26.7 Å². The molecule has 0 unspecified atom stereocenters. The van der Waals surface area contributed by atoms with E-state index < -0.39 is 12.1 Å². The van der Waals surface area contributed by atoms with Crippen LogP contribution in [0.2, 0.25) is 0 Å². The quantitative estimate of drug-likeness (QED) is 0.488. The molecule has 0 radical (unpaired) electrons. The number of carbonyl (C=O) groups excluding carboxylic acids is 4. The molecule has 2 aromatic rings. The van der Waals surface area contributed by atoms with Gasteiger partial charge in [0.15, 0.2) is 0 Å². The van der Waals surface area contributed by atoms with Crippen LogP contribution in [0, 0.1) is 0 Å². The highest BCUT2D eigenvalue weighted by Gasteiger charge is 2.46. The Morgan fingerprint density at radius 1 is 0.605 bits per heavy atom. The van der Waals surface area contributed by atoms with Crippen LogP contribution in [0.3, 0.4) is 0 Å². The normalized spacial score (nSPS) is 23.0. The number of hydrogen-bond donors (Lipinski definition) is 0. The van der Waals surface area contributed by atoms with E-state index in [2.05, 4.69) is 0 Å².